The highest BCUT2D eigenvalue weighted by atomic mass is 13.8. The number of rotatable bonds is 2. The predicted molar refractivity (Wildman–Crippen MR) is 72.9 cm³/mol. The van der Waals surface area contributed by atoms with Crippen molar-refractivity contribution >= 4 is 0 Å². The van der Waals surface area contributed by atoms with E-state index in [9.17, 15) is 0 Å². The van der Waals surface area contributed by atoms with Gasteiger partial charge in [0.05, 0.1) is 0 Å². The molecular formula is C15H22. The Labute approximate surface area is 94.7 Å². The summed E-state index contributed by atoms with van der Waals surface area (Å²) >= 11 is 0. The third-order valence-corrected chi connectivity index (χ3v) is 1.26. The van der Waals surface area contributed by atoms with Gasteiger partial charge in [0, 0.05) is 0 Å². The van der Waals surface area contributed by atoms with Crippen LogP contribution in [-0.2, 0) is 0 Å². The predicted octanol–water partition coefficient (Wildman–Crippen LogP) is 5.00. The minimum Gasteiger partial charge on any atom is -0.0991 e. The summed E-state index contributed by atoms with van der Waals surface area (Å²) in [7, 11) is 0. The lowest BCUT2D eigenvalue weighted by molar-refractivity contribution is 1.41. The molecule has 0 amide bonds. The molecule has 0 aromatic carbocycles. The molecule has 1 rings (SSSR count). The van der Waals surface area contributed by atoms with Gasteiger partial charge in [0.2, 0.25) is 0 Å². The lowest BCUT2D eigenvalue weighted by Gasteiger charge is -1.69. The van der Waals surface area contributed by atoms with E-state index in [0.29, 0.717) is 0 Å². The van der Waals surface area contributed by atoms with Gasteiger partial charge < -0.3 is 0 Å². The van der Waals surface area contributed by atoms with E-state index < -0.39 is 0 Å². The molecule has 1 aliphatic rings. The Hall–Kier alpha value is -1.56. The molecular weight excluding hydrogens is 180 g/mol. The van der Waals surface area contributed by atoms with Gasteiger partial charge in [-0.15, -0.1) is 0 Å². The lowest BCUT2D eigenvalue weighted by atomic mass is 10.4. The zero-order valence-electron chi connectivity index (χ0n) is 9.89. The first-order chi connectivity index (χ1) is 7.41. The molecule has 0 atom stereocenters. The second-order valence-corrected chi connectivity index (χ2v) is 2.33. The molecule has 0 heteroatoms. The van der Waals surface area contributed by atoms with Gasteiger partial charge in [-0.25, -0.2) is 0 Å². The van der Waals surface area contributed by atoms with E-state index in [1.54, 1.807) is 12.2 Å². The molecule has 0 saturated heterocycles. The van der Waals surface area contributed by atoms with Crippen molar-refractivity contribution in [2.24, 2.45) is 0 Å². The molecule has 0 saturated carbocycles. The Morgan fingerprint density at radius 1 is 0.800 bits per heavy atom. The van der Waals surface area contributed by atoms with Crippen LogP contribution in [0.5, 0.6) is 0 Å². The standard InChI is InChI=1S/C7H8.C6H8.C2H6/c1-2-4-6-7-5-3-1;1-3-5-6-4-2;1-2/h1-6H,7H2;3-6H,1-2H2;1-2H3/b;6-5-;. The van der Waals surface area contributed by atoms with Crippen LogP contribution in [0.15, 0.2) is 73.9 Å². The molecule has 82 valence electrons. The van der Waals surface area contributed by atoms with Crippen LogP contribution in [0.2, 0.25) is 0 Å². The zero-order valence-corrected chi connectivity index (χ0v) is 9.89. The molecule has 0 nitrogen and oxygen atoms in total. The molecule has 0 unspecified atom stereocenters. The third kappa shape index (κ3) is 19.0. The first kappa shape index (κ1) is 15.9. The largest absolute Gasteiger partial charge is 0.0991 e. The van der Waals surface area contributed by atoms with Gasteiger partial charge >= 0.3 is 0 Å². The fourth-order valence-electron chi connectivity index (χ4n) is 0.678. The van der Waals surface area contributed by atoms with Crippen LogP contribution in [-0.4, -0.2) is 0 Å². The second-order valence-electron chi connectivity index (χ2n) is 2.33. The van der Waals surface area contributed by atoms with E-state index in [0.717, 1.165) is 6.42 Å². The number of allylic oxidation sites excluding steroid dienone is 10. The molecule has 0 aromatic rings. The molecule has 0 aliphatic heterocycles. The van der Waals surface area contributed by atoms with E-state index >= 15 is 0 Å². The summed E-state index contributed by atoms with van der Waals surface area (Å²) in [6.45, 7) is 10.9. The van der Waals surface area contributed by atoms with E-state index in [1.807, 2.05) is 38.2 Å². The maximum absolute atomic E-state index is 3.46. The topological polar surface area (TPSA) is 0 Å². The van der Waals surface area contributed by atoms with Gasteiger partial charge in [-0.1, -0.05) is 87.8 Å². The van der Waals surface area contributed by atoms with E-state index in [4.69, 9.17) is 0 Å². The fraction of sp³-hybridized carbons (Fsp3) is 0.200. The van der Waals surface area contributed by atoms with Crippen molar-refractivity contribution in [2.45, 2.75) is 20.3 Å². The Bertz CT molecular complexity index is 213. The quantitative estimate of drug-likeness (QED) is 0.553. The number of hydrogen-bond donors (Lipinski definition) is 0. The molecule has 0 heterocycles. The SMILES string of the molecule is C1=CC=CCC=C1.C=C/C=C\C=C.CC. The Morgan fingerprint density at radius 3 is 1.53 bits per heavy atom. The first-order valence-corrected chi connectivity index (χ1v) is 5.30. The molecule has 1 aliphatic carbocycles. The van der Waals surface area contributed by atoms with Crippen molar-refractivity contribution in [2.75, 3.05) is 0 Å². The average molecular weight is 202 g/mol. The normalized spacial score (nSPS) is 11.9. The van der Waals surface area contributed by atoms with Crippen LogP contribution in [0.1, 0.15) is 20.3 Å². The van der Waals surface area contributed by atoms with Crippen LogP contribution >= 0.6 is 0 Å². The minimum atomic E-state index is 1.08. The summed E-state index contributed by atoms with van der Waals surface area (Å²) in [4.78, 5) is 0. The summed E-state index contributed by atoms with van der Waals surface area (Å²) in [5.41, 5.74) is 0. The van der Waals surface area contributed by atoms with Crippen molar-refractivity contribution < 1.29 is 0 Å². The van der Waals surface area contributed by atoms with E-state index in [-0.39, 0.29) is 0 Å². The highest BCUT2D eigenvalue weighted by Crippen LogP contribution is 1.91. The molecule has 0 fully saturated rings. The maximum Gasteiger partial charge on any atom is -0.0163 e. The molecule has 15 heavy (non-hydrogen) atoms. The third-order valence-electron chi connectivity index (χ3n) is 1.26. The van der Waals surface area contributed by atoms with Crippen LogP contribution < -0.4 is 0 Å². The molecule has 0 spiro atoms. The minimum absolute atomic E-state index is 1.08. The zero-order chi connectivity index (χ0) is 11.8. The van der Waals surface area contributed by atoms with Crippen molar-refractivity contribution in [1.29, 1.82) is 0 Å². The highest BCUT2D eigenvalue weighted by Gasteiger charge is 1.70. The number of hydrogen-bond acceptors (Lipinski definition) is 0. The smallest absolute Gasteiger partial charge is 0.0163 e. The molecule has 0 radical (unpaired) electrons. The van der Waals surface area contributed by atoms with Crippen molar-refractivity contribution in [1.82, 2.24) is 0 Å². The summed E-state index contributed by atoms with van der Waals surface area (Å²) in [5.74, 6) is 0. The average Bonchev–Trinajstić information content (AvgIpc) is 2.62. The van der Waals surface area contributed by atoms with E-state index in [2.05, 4.69) is 37.5 Å². The lowest BCUT2D eigenvalue weighted by Crippen LogP contribution is -1.48. The second kappa shape index (κ2) is 18.3. The molecule has 0 aromatic heterocycles. The highest BCUT2D eigenvalue weighted by molar-refractivity contribution is 5.16. The summed E-state index contributed by atoms with van der Waals surface area (Å²) in [6, 6.07) is 0. The molecule has 0 N–H and O–H groups in total. The van der Waals surface area contributed by atoms with Crippen LogP contribution in [0.4, 0.5) is 0 Å². The first-order valence-electron chi connectivity index (χ1n) is 5.30. The summed E-state index contributed by atoms with van der Waals surface area (Å²) < 4.78 is 0. The van der Waals surface area contributed by atoms with Gasteiger partial charge in [-0.05, 0) is 6.42 Å². The van der Waals surface area contributed by atoms with Crippen molar-refractivity contribution in [3.63, 3.8) is 0 Å². The van der Waals surface area contributed by atoms with Crippen LogP contribution in [0.25, 0.3) is 0 Å². The van der Waals surface area contributed by atoms with Gasteiger partial charge in [0.1, 0.15) is 0 Å². The van der Waals surface area contributed by atoms with Crippen molar-refractivity contribution in [3.05, 3.63) is 73.9 Å². The summed E-state index contributed by atoms with van der Waals surface area (Å²) in [5, 5.41) is 0. The van der Waals surface area contributed by atoms with E-state index in [1.165, 1.54) is 0 Å². The van der Waals surface area contributed by atoms with Gasteiger partial charge in [0.15, 0.2) is 0 Å². The Morgan fingerprint density at radius 2 is 1.20 bits per heavy atom. The monoisotopic (exact) mass is 202 g/mol. The maximum atomic E-state index is 3.46. The van der Waals surface area contributed by atoms with Gasteiger partial charge in [-0.2, -0.15) is 0 Å². The van der Waals surface area contributed by atoms with Crippen molar-refractivity contribution in [3.8, 4) is 0 Å². The fourth-order valence-corrected chi connectivity index (χ4v) is 0.678. The van der Waals surface area contributed by atoms with Gasteiger partial charge in [-0.3, -0.25) is 0 Å². The Balaban J connectivity index is 0. The van der Waals surface area contributed by atoms with Crippen LogP contribution in [0, 0.1) is 0 Å². The van der Waals surface area contributed by atoms with Crippen LogP contribution in [0.3, 0.4) is 0 Å². The Kier molecular flexibility index (Phi) is 19.4. The molecule has 0 bridgehead atoms. The van der Waals surface area contributed by atoms with Gasteiger partial charge in [0.25, 0.3) is 0 Å². The summed E-state index contributed by atoms with van der Waals surface area (Å²) in [6.07, 6.45) is 20.6.